The fourth-order valence-corrected chi connectivity index (χ4v) is 3.16. The van der Waals surface area contributed by atoms with E-state index in [4.69, 9.17) is 21.1 Å². The van der Waals surface area contributed by atoms with Crippen molar-refractivity contribution in [3.05, 3.63) is 83.1 Å². The first-order chi connectivity index (χ1) is 14.1. The summed E-state index contributed by atoms with van der Waals surface area (Å²) in [5, 5.41) is 4.84. The Morgan fingerprint density at radius 1 is 0.966 bits per heavy atom. The summed E-state index contributed by atoms with van der Waals surface area (Å²) in [7, 11) is 1.62. The standard InChI is InChI=1S/C23H20ClN3O2/c1-15-8-9-17(10-19(15)24)27-23-18-11-22(29-13-16-6-4-3-5-7-16)21(28-2)12-20(18)25-14-26-23/h3-12,14H,13H2,1-2H3,(H,25,26,27). The van der Waals surface area contributed by atoms with Crippen LogP contribution >= 0.6 is 11.6 Å². The Morgan fingerprint density at radius 2 is 1.79 bits per heavy atom. The summed E-state index contributed by atoms with van der Waals surface area (Å²) in [6.45, 7) is 2.40. The molecule has 0 aliphatic heterocycles. The number of nitrogens with one attached hydrogen (secondary N) is 1. The fraction of sp³-hybridized carbons (Fsp3) is 0.130. The number of anilines is 2. The van der Waals surface area contributed by atoms with Gasteiger partial charge in [0.2, 0.25) is 0 Å². The van der Waals surface area contributed by atoms with E-state index in [0.717, 1.165) is 27.7 Å². The predicted molar refractivity (Wildman–Crippen MR) is 116 cm³/mol. The normalized spacial score (nSPS) is 10.7. The van der Waals surface area contributed by atoms with E-state index in [9.17, 15) is 0 Å². The van der Waals surface area contributed by atoms with E-state index in [-0.39, 0.29) is 0 Å². The largest absolute Gasteiger partial charge is 0.493 e. The Morgan fingerprint density at radius 3 is 2.55 bits per heavy atom. The van der Waals surface area contributed by atoms with Crippen LogP contribution in [0.1, 0.15) is 11.1 Å². The van der Waals surface area contributed by atoms with Crippen LogP contribution in [0.2, 0.25) is 5.02 Å². The lowest BCUT2D eigenvalue weighted by atomic mass is 10.2. The molecule has 0 aliphatic carbocycles. The molecule has 0 aliphatic rings. The summed E-state index contributed by atoms with van der Waals surface area (Å²) in [6, 6.07) is 19.5. The highest BCUT2D eigenvalue weighted by atomic mass is 35.5. The second-order valence-corrected chi connectivity index (χ2v) is 7.01. The maximum absolute atomic E-state index is 6.25. The van der Waals surface area contributed by atoms with Crippen molar-refractivity contribution in [2.24, 2.45) is 0 Å². The zero-order chi connectivity index (χ0) is 20.2. The van der Waals surface area contributed by atoms with Crippen LogP contribution in [0.15, 0.2) is 67.0 Å². The van der Waals surface area contributed by atoms with Crippen LogP contribution in [-0.2, 0) is 6.61 Å². The smallest absolute Gasteiger partial charge is 0.162 e. The first kappa shape index (κ1) is 19.0. The van der Waals surface area contributed by atoms with Gasteiger partial charge in [-0.05, 0) is 36.2 Å². The minimum Gasteiger partial charge on any atom is -0.493 e. The summed E-state index contributed by atoms with van der Waals surface area (Å²) in [5.41, 5.74) is 3.70. The number of fused-ring (bicyclic) bond motifs is 1. The van der Waals surface area contributed by atoms with Crippen molar-refractivity contribution in [2.75, 3.05) is 12.4 Å². The van der Waals surface area contributed by atoms with E-state index in [1.54, 1.807) is 7.11 Å². The number of rotatable bonds is 6. The Balaban J connectivity index is 1.69. The number of aromatic nitrogens is 2. The molecule has 0 spiro atoms. The van der Waals surface area contributed by atoms with Gasteiger partial charge < -0.3 is 14.8 Å². The van der Waals surface area contributed by atoms with E-state index in [0.29, 0.717) is 28.9 Å². The minimum absolute atomic E-state index is 0.437. The summed E-state index contributed by atoms with van der Waals surface area (Å²) in [5.74, 6) is 1.92. The van der Waals surface area contributed by atoms with Crippen LogP contribution in [0, 0.1) is 6.92 Å². The van der Waals surface area contributed by atoms with Crippen molar-refractivity contribution in [1.82, 2.24) is 9.97 Å². The van der Waals surface area contributed by atoms with Gasteiger partial charge >= 0.3 is 0 Å². The van der Waals surface area contributed by atoms with Crippen molar-refractivity contribution in [1.29, 1.82) is 0 Å². The lowest BCUT2D eigenvalue weighted by Crippen LogP contribution is -2.00. The van der Waals surface area contributed by atoms with Crippen molar-refractivity contribution in [3.63, 3.8) is 0 Å². The van der Waals surface area contributed by atoms with Gasteiger partial charge in [0.05, 0.1) is 12.6 Å². The molecule has 0 fully saturated rings. The number of ether oxygens (including phenoxy) is 2. The Hall–Kier alpha value is -3.31. The third-order valence-electron chi connectivity index (χ3n) is 4.59. The molecule has 4 aromatic rings. The molecule has 5 nitrogen and oxygen atoms in total. The number of benzene rings is 3. The predicted octanol–water partition coefficient (Wildman–Crippen LogP) is 5.92. The maximum atomic E-state index is 6.25. The highest BCUT2D eigenvalue weighted by Crippen LogP contribution is 2.35. The monoisotopic (exact) mass is 405 g/mol. The zero-order valence-corrected chi connectivity index (χ0v) is 16.9. The molecule has 0 unspecified atom stereocenters. The van der Waals surface area contributed by atoms with Crippen molar-refractivity contribution >= 4 is 34.0 Å². The molecule has 1 N–H and O–H groups in total. The van der Waals surface area contributed by atoms with Gasteiger partial charge in [-0.2, -0.15) is 0 Å². The molecule has 3 aromatic carbocycles. The molecule has 0 amide bonds. The summed E-state index contributed by atoms with van der Waals surface area (Å²) in [4.78, 5) is 8.78. The van der Waals surface area contributed by atoms with Gasteiger partial charge in [-0.1, -0.05) is 48.0 Å². The average Bonchev–Trinajstić information content (AvgIpc) is 2.75. The van der Waals surface area contributed by atoms with E-state index in [1.165, 1.54) is 6.33 Å². The van der Waals surface area contributed by atoms with Crippen molar-refractivity contribution < 1.29 is 9.47 Å². The molecule has 29 heavy (non-hydrogen) atoms. The molecule has 1 aromatic heterocycles. The molecule has 0 atom stereocenters. The van der Waals surface area contributed by atoms with E-state index in [1.807, 2.05) is 67.6 Å². The summed E-state index contributed by atoms with van der Waals surface area (Å²) < 4.78 is 11.5. The van der Waals surface area contributed by atoms with Gasteiger partial charge in [0.1, 0.15) is 18.8 Å². The quantitative estimate of drug-likeness (QED) is 0.431. The molecular weight excluding hydrogens is 386 g/mol. The molecule has 0 bridgehead atoms. The van der Waals surface area contributed by atoms with Crippen LogP contribution in [0.25, 0.3) is 10.9 Å². The minimum atomic E-state index is 0.437. The molecule has 6 heteroatoms. The SMILES string of the molecule is COc1cc2ncnc(Nc3ccc(C)c(Cl)c3)c2cc1OCc1ccccc1. The fourth-order valence-electron chi connectivity index (χ4n) is 2.98. The van der Waals surface area contributed by atoms with Gasteiger partial charge in [0, 0.05) is 22.2 Å². The maximum Gasteiger partial charge on any atom is 0.162 e. The number of hydrogen-bond donors (Lipinski definition) is 1. The Bertz CT molecular complexity index is 1150. The van der Waals surface area contributed by atoms with E-state index in [2.05, 4.69) is 15.3 Å². The molecule has 0 saturated heterocycles. The molecule has 146 valence electrons. The van der Waals surface area contributed by atoms with E-state index < -0.39 is 0 Å². The van der Waals surface area contributed by atoms with Crippen LogP contribution in [0.3, 0.4) is 0 Å². The molecule has 1 heterocycles. The van der Waals surface area contributed by atoms with Crippen LogP contribution in [0.5, 0.6) is 11.5 Å². The van der Waals surface area contributed by atoms with Crippen molar-refractivity contribution in [3.8, 4) is 11.5 Å². The topological polar surface area (TPSA) is 56.3 Å². The Kier molecular flexibility index (Phi) is 5.49. The van der Waals surface area contributed by atoms with Gasteiger partial charge in [-0.15, -0.1) is 0 Å². The number of methoxy groups -OCH3 is 1. The number of hydrogen-bond acceptors (Lipinski definition) is 5. The average molecular weight is 406 g/mol. The van der Waals surface area contributed by atoms with Gasteiger partial charge in [-0.3, -0.25) is 0 Å². The van der Waals surface area contributed by atoms with Crippen LogP contribution in [0.4, 0.5) is 11.5 Å². The second-order valence-electron chi connectivity index (χ2n) is 6.61. The third kappa shape index (κ3) is 4.25. The first-order valence-corrected chi connectivity index (χ1v) is 9.54. The van der Waals surface area contributed by atoms with Gasteiger partial charge in [0.15, 0.2) is 11.5 Å². The third-order valence-corrected chi connectivity index (χ3v) is 5.00. The molecule has 0 radical (unpaired) electrons. The first-order valence-electron chi connectivity index (χ1n) is 9.16. The van der Waals surface area contributed by atoms with Crippen molar-refractivity contribution in [2.45, 2.75) is 13.5 Å². The summed E-state index contributed by atoms with van der Waals surface area (Å²) >= 11 is 6.25. The number of halogens is 1. The second kappa shape index (κ2) is 8.37. The lowest BCUT2D eigenvalue weighted by Gasteiger charge is -2.14. The van der Waals surface area contributed by atoms with Gasteiger partial charge in [0.25, 0.3) is 0 Å². The Labute approximate surface area is 174 Å². The summed E-state index contributed by atoms with van der Waals surface area (Å²) in [6.07, 6.45) is 1.52. The van der Waals surface area contributed by atoms with Crippen LogP contribution < -0.4 is 14.8 Å². The lowest BCUT2D eigenvalue weighted by molar-refractivity contribution is 0.285. The zero-order valence-electron chi connectivity index (χ0n) is 16.1. The molecule has 4 rings (SSSR count). The molecule has 0 saturated carbocycles. The van der Waals surface area contributed by atoms with E-state index >= 15 is 0 Å². The number of nitrogens with zero attached hydrogens (tertiary/aromatic N) is 2. The molecular formula is C23H20ClN3O2. The highest BCUT2D eigenvalue weighted by molar-refractivity contribution is 6.31. The highest BCUT2D eigenvalue weighted by Gasteiger charge is 2.12. The number of aryl methyl sites for hydroxylation is 1. The van der Waals surface area contributed by atoms with Crippen LogP contribution in [-0.4, -0.2) is 17.1 Å². The van der Waals surface area contributed by atoms with Gasteiger partial charge in [-0.25, -0.2) is 9.97 Å².